The molecule has 0 bridgehead atoms. The lowest BCUT2D eigenvalue weighted by Crippen LogP contribution is -2.18. The van der Waals surface area contributed by atoms with E-state index in [0.717, 1.165) is 10.7 Å². The Morgan fingerprint density at radius 3 is 2.64 bits per heavy atom. The van der Waals surface area contributed by atoms with Crippen molar-refractivity contribution in [1.82, 2.24) is 4.98 Å². The van der Waals surface area contributed by atoms with Gasteiger partial charge in [-0.2, -0.15) is 0 Å². The van der Waals surface area contributed by atoms with Crippen molar-refractivity contribution in [3.05, 3.63) is 52.0 Å². The van der Waals surface area contributed by atoms with E-state index in [9.17, 15) is 9.59 Å². The van der Waals surface area contributed by atoms with Crippen LogP contribution in [0.3, 0.4) is 0 Å². The van der Waals surface area contributed by atoms with Gasteiger partial charge in [-0.25, -0.2) is 4.98 Å². The average Bonchev–Trinajstić information content (AvgIpc) is 2.92. The summed E-state index contributed by atoms with van der Waals surface area (Å²) >= 11 is 1.58. The quantitative estimate of drug-likeness (QED) is 0.580. The molecule has 0 saturated carbocycles. The monoisotopic (exact) mass is 317 g/mol. The van der Waals surface area contributed by atoms with Crippen LogP contribution in [0.4, 0.5) is 0 Å². The van der Waals surface area contributed by atoms with Crippen LogP contribution in [0.2, 0.25) is 0 Å². The van der Waals surface area contributed by atoms with Gasteiger partial charge in [-0.15, -0.1) is 11.3 Å². The molecule has 116 valence electrons. The minimum Gasteiger partial charge on any atom is -0.465 e. The van der Waals surface area contributed by atoms with Gasteiger partial charge in [0.25, 0.3) is 0 Å². The first kappa shape index (κ1) is 16.4. The Balaban J connectivity index is 1.75. The van der Waals surface area contributed by atoms with E-state index in [2.05, 4.69) is 4.98 Å². The lowest BCUT2D eigenvalue weighted by atomic mass is 9.96. The second-order valence-electron chi connectivity index (χ2n) is 5.16. The molecule has 4 nitrogen and oxygen atoms in total. The lowest BCUT2D eigenvalue weighted by molar-refractivity contribution is -0.144. The molecule has 0 N–H and O–H groups in total. The number of aromatic nitrogens is 1. The Bertz CT molecular complexity index is 636. The molecule has 2 aromatic rings. The number of thiazole rings is 1. The maximum absolute atomic E-state index is 12.2. The highest BCUT2D eigenvalue weighted by molar-refractivity contribution is 7.09. The first-order chi connectivity index (χ1) is 10.6. The maximum atomic E-state index is 12.2. The van der Waals surface area contributed by atoms with Crippen LogP contribution < -0.4 is 0 Å². The molecule has 1 unspecified atom stereocenters. The Kier molecular flexibility index (Phi) is 5.83. The number of Topliss-reactive ketones (excluding diaryl/α,β-unsaturated/α-hetero) is 1. The summed E-state index contributed by atoms with van der Waals surface area (Å²) in [7, 11) is 0. The Morgan fingerprint density at radius 2 is 2.00 bits per heavy atom. The second-order valence-corrected chi connectivity index (χ2v) is 6.23. The summed E-state index contributed by atoms with van der Waals surface area (Å²) in [6.45, 7) is 3.99. The van der Waals surface area contributed by atoms with E-state index < -0.39 is 0 Å². The molecule has 0 aliphatic heterocycles. The van der Waals surface area contributed by atoms with Crippen LogP contribution in [0.15, 0.2) is 35.7 Å². The van der Waals surface area contributed by atoms with Crippen molar-refractivity contribution >= 4 is 23.1 Å². The van der Waals surface area contributed by atoms with Crippen molar-refractivity contribution in [3.63, 3.8) is 0 Å². The standard InChI is InChI=1S/C17H19NO3S/c1-12(17(20)14-6-4-3-5-7-14)10-16(19)21-9-8-15-11-22-13(2)18-15/h3-7,11-12H,8-10H2,1-2H3. The van der Waals surface area contributed by atoms with Crippen LogP contribution in [0.5, 0.6) is 0 Å². The van der Waals surface area contributed by atoms with Gasteiger partial charge in [0, 0.05) is 23.3 Å². The van der Waals surface area contributed by atoms with E-state index in [1.807, 2.05) is 30.5 Å². The number of ether oxygens (including phenoxy) is 1. The van der Waals surface area contributed by atoms with Crippen molar-refractivity contribution in [2.75, 3.05) is 6.61 Å². The summed E-state index contributed by atoms with van der Waals surface area (Å²) in [6.07, 6.45) is 0.709. The molecule has 0 fully saturated rings. The van der Waals surface area contributed by atoms with Gasteiger partial charge in [-0.05, 0) is 6.92 Å². The fourth-order valence-corrected chi connectivity index (χ4v) is 2.73. The largest absolute Gasteiger partial charge is 0.465 e. The van der Waals surface area contributed by atoms with E-state index in [1.165, 1.54) is 0 Å². The second kappa shape index (κ2) is 7.84. The SMILES string of the molecule is Cc1nc(CCOC(=O)CC(C)C(=O)c2ccccc2)cs1. The summed E-state index contributed by atoms with van der Waals surface area (Å²) in [6, 6.07) is 9.00. The van der Waals surface area contributed by atoms with Gasteiger partial charge < -0.3 is 4.74 Å². The number of hydrogen-bond acceptors (Lipinski definition) is 5. The molecule has 2 rings (SSSR count). The number of ketones is 1. The van der Waals surface area contributed by atoms with Gasteiger partial charge in [0.15, 0.2) is 5.78 Å². The summed E-state index contributed by atoms with van der Waals surface area (Å²) in [5, 5.41) is 2.97. The number of nitrogens with zero attached hydrogens (tertiary/aromatic N) is 1. The van der Waals surface area contributed by atoms with Crippen LogP contribution in [0.1, 0.15) is 34.4 Å². The Morgan fingerprint density at radius 1 is 1.27 bits per heavy atom. The van der Waals surface area contributed by atoms with E-state index in [-0.39, 0.29) is 24.1 Å². The fourth-order valence-electron chi connectivity index (χ4n) is 2.08. The van der Waals surface area contributed by atoms with Crippen molar-refractivity contribution in [1.29, 1.82) is 0 Å². The molecule has 0 spiro atoms. The van der Waals surface area contributed by atoms with Crippen molar-refractivity contribution in [3.8, 4) is 0 Å². The number of carbonyl (C=O) groups is 2. The highest BCUT2D eigenvalue weighted by atomic mass is 32.1. The molecule has 0 radical (unpaired) electrons. The van der Waals surface area contributed by atoms with Crippen LogP contribution in [-0.4, -0.2) is 23.3 Å². The number of rotatable bonds is 7. The summed E-state index contributed by atoms with van der Waals surface area (Å²) in [4.78, 5) is 28.3. The molecule has 0 aliphatic rings. The average molecular weight is 317 g/mol. The van der Waals surface area contributed by atoms with E-state index in [4.69, 9.17) is 4.74 Å². The predicted octanol–water partition coefficient (Wildman–Crippen LogP) is 3.45. The van der Waals surface area contributed by atoms with Crippen molar-refractivity contribution < 1.29 is 14.3 Å². The van der Waals surface area contributed by atoms with Crippen LogP contribution in [0, 0.1) is 12.8 Å². The van der Waals surface area contributed by atoms with Gasteiger partial charge in [-0.3, -0.25) is 9.59 Å². The molecule has 22 heavy (non-hydrogen) atoms. The Hall–Kier alpha value is -2.01. The van der Waals surface area contributed by atoms with E-state index in [0.29, 0.717) is 18.6 Å². The third-order valence-corrected chi connectivity index (χ3v) is 4.09. The third kappa shape index (κ3) is 4.77. The number of benzene rings is 1. The Labute approximate surface area is 134 Å². The van der Waals surface area contributed by atoms with E-state index in [1.54, 1.807) is 30.4 Å². The minimum absolute atomic E-state index is 0.0346. The highest BCUT2D eigenvalue weighted by Gasteiger charge is 2.19. The molecule has 1 aromatic carbocycles. The topological polar surface area (TPSA) is 56.3 Å². The number of carbonyl (C=O) groups excluding carboxylic acids is 2. The van der Waals surface area contributed by atoms with Crippen molar-refractivity contribution in [2.45, 2.75) is 26.7 Å². The molecule has 1 heterocycles. The van der Waals surface area contributed by atoms with Crippen LogP contribution in [0.25, 0.3) is 0 Å². The molecule has 0 saturated heterocycles. The molecule has 1 atom stereocenters. The predicted molar refractivity (Wildman–Crippen MR) is 86.1 cm³/mol. The lowest BCUT2D eigenvalue weighted by Gasteiger charge is -2.10. The van der Waals surface area contributed by atoms with E-state index >= 15 is 0 Å². The molecule has 1 aromatic heterocycles. The smallest absolute Gasteiger partial charge is 0.306 e. The van der Waals surface area contributed by atoms with Gasteiger partial charge in [0.05, 0.1) is 23.7 Å². The normalized spacial score (nSPS) is 11.9. The van der Waals surface area contributed by atoms with Crippen LogP contribution in [-0.2, 0) is 16.0 Å². The molecule has 0 amide bonds. The van der Waals surface area contributed by atoms with Gasteiger partial charge in [-0.1, -0.05) is 37.3 Å². The minimum atomic E-state index is -0.378. The van der Waals surface area contributed by atoms with Gasteiger partial charge in [0.1, 0.15) is 0 Å². The molecule has 5 heteroatoms. The highest BCUT2D eigenvalue weighted by Crippen LogP contribution is 2.13. The number of hydrogen-bond donors (Lipinski definition) is 0. The first-order valence-electron chi connectivity index (χ1n) is 7.22. The zero-order chi connectivity index (χ0) is 15.9. The molecular formula is C17H19NO3S. The molecule has 0 aliphatic carbocycles. The third-order valence-electron chi connectivity index (χ3n) is 3.27. The number of esters is 1. The van der Waals surface area contributed by atoms with Gasteiger partial charge >= 0.3 is 5.97 Å². The fraction of sp³-hybridized carbons (Fsp3) is 0.353. The summed E-state index contributed by atoms with van der Waals surface area (Å²) in [5.41, 5.74) is 1.56. The molecular weight excluding hydrogens is 298 g/mol. The maximum Gasteiger partial charge on any atom is 0.306 e. The number of aryl methyl sites for hydroxylation is 1. The zero-order valence-electron chi connectivity index (χ0n) is 12.7. The van der Waals surface area contributed by atoms with Gasteiger partial charge in [0.2, 0.25) is 0 Å². The van der Waals surface area contributed by atoms with Crippen molar-refractivity contribution in [2.24, 2.45) is 5.92 Å². The first-order valence-corrected chi connectivity index (χ1v) is 8.10. The summed E-state index contributed by atoms with van der Waals surface area (Å²) in [5.74, 6) is -0.757. The summed E-state index contributed by atoms with van der Waals surface area (Å²) < 4.78 is 5.19. The zero-order valence-corrected chi connectivity index (χ0v) is 13.6. The van der Waals surface area contributed by atoms with Crippen LogP contribution >= 0.6 is 11.3 Å².